The first-order valence-corrected chi connectivity index (χ1v) is 17.7. The molecule has 11 heteroatoms. The molecule has 2 amide bonds. The smallest absolute Gasteiger partial charge is 0.334 e. The van der Waals surface area contributed by atoms with E-state index < -0.39 is 56.8 Å². The van der Waals surface area contributed by atoms with Gasteiger partial charge in [0.25, 0.3) is 5.91 Å². The van der Waals surface area contributed by atoms with Crippen LogP contribution in [0.25, 0.3) is 0 Å². The summed E-state index contributed by atoms with van der Waals surface area (Å²) in [6, 6.07) is 30.6. The van der Waals surface area contributed by atoms with Crippen LogP contribution in [0.2, 0.25) is 0 Å². The average Bonchev–Trinajstić information content (AvgIpc) is 3.08. The Balaban J connectivity index is 1.43. The second-order valence-electron chi connectivity index (χ2n) is 11.0. The Morgan fingerprint density at radius 3 is 1.94 bits per heavy atom. The van der Waals surface area contributed by atoms with E-state index in [9.17, 15) is 22.8 Å². The maximum absolute atomic E-state index is 14.0. The Morgan fingerprint density at radius 1 is 0.872 bits per heavy atom. The van der Waals surface area contributed by atoms with Crippen molar-refractivity contribution in [2.75, 3.05) is 6.61 Å². The van der Waals surface area contributed by atoms with Gasteiger partial charge in [-0.1, -0.05) is 103 Å². The molecule has 4 aromatic carbocycles. The van der Waals surface area contributed by atoms with Crippen LogP contribution >= 0.6 is 10.8 Å². The highest BCUT2D eigenvalue weighted by atomic mass is 33.1. The number of carbonyl (C=O) groups is 3. The molecule has 1 heterocycles. The maximum atomic E-state index is 14.0. The summed E-state index contributed by atoms with van der Waals surface area (Å²) in [7, 11) is -3.58. The van der Waals surface area contributed by atoms with Crippen molar-refractivity contribution >= 4 is 37.4 Å². The van der Waals surface area contributed by atoms with Gasteiger partial charge < -0.3 is 19.7 Å². The van der Waals surface area contributed by atoms with Crippen molar-refractivity contribution in [3.05, 3.63) is 144 Å². The number of hydrogen-bond donors (Lipinski definition) is 1. The topological polar surface area (TPSA) is 119 Å². The van der Waals surface area contributed by atoms with Crippen LogP contribution in [-0.2, 0) is 28.0 Å². The van der Waals surface area contributed by atoms with Gasteiger partial charge in [0, 0.05) is 10.8 Å². The van der Waals surface area contributed by atoms with E-state index in [0.717, 1.165) is 10.5 Å². The molecular formula is C36H34N2O7S2. The standard InChI is InChI=1S/C36H34N2O7S2/c1-24(2)32(36(41)45-33(26-13-7-4-8-14-26)27-15-9-5-10-16-27)38-34(40)31(37-30(39)23-44-28-17-11-6-12-18-28)35(38)46-47(42,43)29-21-19-25(3)20-22-29/h4-22,31-33,35H,1,23H2,2-3H3,(H,37,39). The van der Waals surface area contributed by atoms with E-state index >= 15 is 0 Å². The van der Waals surface area contributed by atoms with Crippen LogP contribution in [0, 0.1) is 6.92 Å². The predicted molar refractivity (Wildman–Crippen MR) is 180 cm³/mol. The summed E-state index contributed by atoms with van der Waals surface area (Å²) < 4.78 is 38.8. The third-order valence-electron chi connectivity index (χ3n) is 7.45. The molecule has 1 saturated heterocycles. The van der Waals surface area contributed by atoms with Gasteiger partial charge in [-0.25, -0.2) is 13.2 Å². The lowest BCUT2D eigenvalue weighted by Gasteiger charge is -2.49. The SMILES string of the molecule is C=C(C)C(C(=O)OC(c1ccccc1)c1ccccc1)N1C(=O)C(NC(=O)COc2ccccc2)C1SS(=O)(=O)c1ccc(C)cc1. The van der Waals surface area contributed by atoms with E-state index in [1.807, 2.05) is 67.6 Å². The van der Waals surface area contributed by atoms with Gasteiger partial charge in [-0.15, -0.1) is 0 Å². The second-order valence-corrected chi connectivity index (χ2v) is 15.0. The molecule has 9 nitrogen and oxygen atoms in total. The van der Waals surface area contributed by atoms with Crippen LogP contribution in [-0.4, -0.2) is 55.2 Å². The van der Waals surface area contributed by atoms with Gasteiger partial charge in [0.05, 0.1) is 4.90 Å². The van der Waals surface area contributed by atoms with Crippen LogP contribution in [0.3, 0.4) is 0 Å². The number of nitrogens with zero attached hydrogens (tertiary/aromatic N) is 1. The van der Waals surface area contributed by atoms with E-state index in [2.05, 4.69) is 11.9 Å². The largest absolute Gasteiger partial charge is 0.484 e. The van der Waals surface area contributed by atoms with E-state index in [1.54, 1.807) is 49.4 Å². The molecule has 242 valence electrons. The quantitative estimate of drug-likeness (QED) is 0.0867. The fraction of sp³-hybridized carbons (Fsp3) is 0.194. The number of benzene rings is 4. The van der Waals surface area contributed by atoms with Crippen LogP contribution in [0.4, 0.5) is 0 Å². The first-order valence-electron chi connectivity index (χ1n) is 14.8. The number of β-lactam (4-membered cyclic amide) rings is 1. The third-order valence-corrected chi connectivity index (χ3v) is 11.2. The summed E-state index contributed by atoms with van der Waals surface area (Å²) >= 11 is 0. The van der Waals surface area contributed by atoms with Crippen molar-refractivity contribution in [3.63, 3.8) is 0 Å². The monoisotopic (exact) mass is 670 g/mol. The van der Waals surface area contributed by atoms with Gasteiger partial charge in [-0.3, -0.25) is 9.59 Å². The molecule has 0 spiro atoms. The van der Waals surface area contributed by atoms with Gasteiger partial charge in [-0.05, 0) is 54.8 Å². The highest BCUT2D eigenvalue weighted by molar-refractivity contribution is 8.72. The zero-order chi connectivity index (χ0) is 33.6. The molecule has 4 aromatic rings. The molecule has 3 unspecified atom stereocenters. The number of hydrogen-bond acceptors (Lipinski definition) is 8. The van der Waals surface area contributed by atoms with Crippen molar-refractivity contribution in [2.24, 2.45) is 0 Å². The molecule has 1 fully saturated rings. The van der Waals surface area contributed by atoms with E-state index in [1.165, 1.54) is 12.1 Å². The molecule has 0 aliphatic carbocycles. The second kappa shape index (κ2) is 14.7. The molecule has 1 N–H and O–H groups in total. The van der Waals surface area contributed by atoms with Crippen molar-refractivity contribution in [3.8, 4) is 5.75 Å². The summed E-state index contributed by atoms with van der Waals surface area (Å²) in [5.41, 5.74) is 2.55. The highest BCUT2D eigenvalue weighted by Gasteiger charge is 2.56. The fourth-order valence-electron chi connectivity index (χ4n) is 5.08. The maximum Gasteiger partial charge on any atom is 0.334 e. The zero-order valence-electron chi connectivity index (χ0n) is 25.8. The van der Waals surface area contributed by atoms with E-state index in [4.69, 9.17) is 9.47 Å². The van der Waals surface area contributed by atoms with Crippen LogP contribution in [0.5, 0.6) is 5.75 Å². The number of rotatable bonds is 13. The minimum Gasteiger partial charge on any atom is -0.484 e. The summed E-state index contributed by atoms with van der Waals surface area (Å²) in [5.74, 6) is -1.63. The number of carbonyl (C=O) groups excluding carboxylic acids is 3. The van der Waals surface area contributed by atoms with Crippen molar-refractivity contribution in [2.45, 2.75) is 42.3 Å². The van der Waals surface area contributed by atoms with E-state index in [0.29, 0.717) is 27.7 Å². The molecule has 0 saturated carbocycles. The lowest BCUT2D eigenvalue weighted by molar-refractivity contribution is -0.165. The van der Waals surface area contributed by atoms with Crippen molar-refractivity contribution in [1.82, 2.24) is 10.2 Å². The number of ether oxygens (including phenoxy) is 2. The highest BCUT2D eigenvalue weighted by Crippen LogP contribution is 2.40. The minimum atomic E-state index is -4.05. The van der Waals surface area contributed by atoms with Crippen molar-refractivity contribution < 1.29 is 32.3 Å². The molecule has 47 heavy (non-hydrogen) atoms. The summed E-state index contributed by atoms with van der Waals surface area (Å²) in [5, 5.41) is 1.42. The molecule has 0 aromatic heterocycles. The van der Waals surface area contributed by atoms with Crippen LogP contribution < -0.4 is 10.1 Å². The number of para-hydroxylation sites is 1. The Labute approximate surface area is 277 Å². The van der Waals surface area contributed by atoms with Gasteiger partial charge in [0.2, 0.25) is 14.8 Å². The lowest BCUT2D eigenvalue weighted by atomic mass is 9.98. The van der Waals surface area contributed by atoms with Gasteiger partial charge in [-0.2, -0.15) is 0 Å². The van der Waals surface area contributed by atoms with Gasteiger partial charge in [0.15, 0.2) is 18.8 Å². The Morgan fingerprint density at radius 2 is 1.40 bits per heavy atom. The van der Waals surface area contributed by atoms with Gasteiger partial charge in [0.1, 0.15) is 17.2 Å². The molecule has 3 atom stereocenters. The first kappa shape index (κ1) is 33.5. The third kappa shape index (κ3) is 7.93. The number of likely N-dealkylation sites (tertiary alicyclic amines) is 1. The molecule has 0 bridgehead atoms. The zero-order valence-corrected chi connectivity index (χ0v) is 27.4. The molecule has 0 radical (unpaired) electrons. The number of amides is 2. The fourth-order valence-corrected chi connectivity index (χ4v) is 8.59. The normalized spacial score (nSPS) is 16.6. The molecule has 1 aliphatic rings. The molecular weight excluding hydrogens is 637 g/mol. The van der Waals surface area contributed by atoms with E-state index in [-0.39, 0.29) is 10.5 Å². The molecule has 5 rings (SSSR count). The van der Waals surface area contributed by atoms with Crippen LogP contribution in [0.15, 0.2) is 132 Å². The van der Waals surface area contributed by atoms with Crippen molar-refractivity contribution in [1.29, 1.82) is 0 Å². The average molecular weight is 671 g/mol. The van der Waals surface area contributed by atoms with Gasteiger partial charge >= 0.3 is 5.97 Å². The lowest BCUT2D eigenvalue weighted by Crippen LogP contribution is -2.73. The minimum absolute atomic E-state index is 0.0209. The summed E-state index contributed by atoms with van der Waals surface area (Å²) in [4.78, 5) is 41.8. The number of aryl methyl sites for hydroxylation is 1. The number of esters is 1. The number of nitrogens with one attached hydrogen (secondary N) is 1. The first-order chi connectivity index (χ1) is 22.5. The Kier molecular flexibility index (Phi) is 10.5. The molecule has 1 aliphatic heterocycles. The Hall–Kier alpha value is -4.87. The summed E-state index contributed by atoms with van der Waals surface area (Å²) in [6.45, 7) is 6.95. The van der Waals surface area contributed by atoms with Crippen LogP contribution in [0.1, 0.15) is 29.7 Å². The summed E-state index contributed by atoms with van der Waals surface area (Å²) in [6.07, 6.45) is -0.809. The predicted octanol–water partition coefficient (Wildman–Crippen LogP) is 5.43. The Bertz CT molecular complexity index is 1800.